The number of urea groups is 1. The maximum Gasteiger partial charge on any atom is 0.322 e. The maximum absolute atomic E-state index is 12.9. The lowest BCUT2D eigenvalue weighted by atomic mass is 10.1. The SMILES string of the molecule is Cc1cccc(NC(=O)N(CCN(C)C)Cc2ccc(C(=O)Cc3cscc3N)nc2)c1. The smallest absolute Gasteiger partial charge is 0.322 e. The number of carbonyl (C=O) groups is 2. The van der Waals surface area contributed by atoms with Gasteiger partial charge in [0, 0.05) is 49.0 Å². The zero-order valence-corrected chi connectivity index (χ0v) is 19.5. The summed E-state index contributed by atoms with van der Waals surface area (Å²) >= 11 is 1.48. The van der Waals surface area contributed by atoms with E-state index in [0.29, 0.717) is 24.5 Å². The van der Waals surface area contributed by atoms with Crippen molar-refractivity contribution in [1.82, 2.24) is 14.8 Å². The van der Waals surface area contributed by atoms with Crippen LogP contribution < -0.4 is 11.1 Å². The lowest BCUT2D eigenvalue weighted by Gasteiger charge is -2.25. The normalized spacial score (nSPS) is 10.9. The fourth-order valence-electron chi connectivity index (χ4n) is 3.14. The van der Waals surface area contributed by atoms with Gasteiger partial charge in [-0.1, -0.05) is 18.2 Å². The molecule has 0 spiro atoms. The average molecular weight is 452 g/mol. The van der Waals surface area contributed by atoms with E-state index in [1.807, 2.05) is 67.0 Å². The molecular formula is C24H29N5O2S. The Morgan fingerprint density at radius 3 is 2.56 bits per heavy atom. The number of aromatic nitrogens is 1. The van der Waals surface area contributed by atoms with Crippen LogP contribution in [-0.2, 0) is 13.0 Å². The summed E-state index contributed by atoms with van der Waals surface area (Å²) in [5.74, 6) is -0.0803. The van der Waals surface area contributed by atoms with Gasteiger partial charge in [0.1, 0.15) is 5.69 Å². The molecule has 3 N–H and O–H groups in total. The Balaban J connectivity index is 1.67. The Kier molecular flexibility index (Phi) is 7.97. The highest BCUT2D eigenvalue weighted by atomic mass is 32.1. The molecule has 0 aliphatic carbocycles. The third-order valence-electron chi connectivity index (χ3n) is 4.98. The summed E-state index contributed by atoms with van der Waals surface area (Å²) in [6, 6.07) is 11.1. The molecule has 1 aromatic carbocycles. The van der Waals surface area contributed by atoms with Crippen LogP contribution in [0.3, 0.4) is 0 Å². The highest BCUT2D eigenvalue weighted by Gasteiger charge is 2.16. The molecule has 0 radical (unpaired) electrons. The quantitative estimate of drug-likeness (QED) is 0.479. The van der Waals surface area contributed by atoms with Gasteiger partial charge in [0.05, 0.1) is 0 Å². The summed E-state index contributed by atoms with van der Waals surface area (Å²) < 4.78 is 0. The molecule has 7 nitrogen and oxygen atoms in total. The van der Waals surface area contributed by atoms with Crippen molar-refractivity contribution in [3.8, 4) is 0 Å². The van der Waals surface area contributed by atoms with Gasteiger partial charge < -0.3 is 20.9 Å². The zero-order chi connectivity index (χ0) is 23.1. The number of Topliss-reactive ketones (excluding diaryl/α,β-unsaturated/α-hetero) is 1. The molecule has 168 valence electrons. The number of rotatable bonds is 9. The minimum Gasteiger partial charge on any atom is -0.398 e. The van der Waals surface area contributed by atoms with Crippen LogP contribution in [-0.4, -0.2) is 53.8 Å². The van der Waals surface area contributed by atoms with Crippen LogP contribution in [0.2, 0.25) is 0 Å². The Morgan fingerprint density at radius 1 is 1.12 bits per heavy atom. The van der Waals surface area contributed by atoms with Crippen LogP contribution in [0.1, 0.15) is 27.2 Å². The van der Waals surface area contributed by atoms with Crippen molar-refractivity contribution < 1.29 is 9.59 Å². The second-order valence-electron chi connectivity index (χ2n) is 8.03. The van der Waals surface area contributed by atoms with Gasteiger partial charge in [-0.2, -0.15) is 0 Å². The van der Waals surface area contributed by atoms with Gasteiger partial charge >= 0.3 is 6.03 Å². The zero-order valence-electron chi connectivity index (χ0n) is 18.7. The molecule has 0 aliphatic rings. The Labute approximate surface area is 192 Å². The number of nitrogens with one attached hydrogen (secondary N) is 1. The lowest BCUT2D eigenvalue weighted by molar-refractivity contribution is 0.0988. The minimum atomic E-state index is -0.175. The number of benzene rings is 1. The van der Waals surface area contributed by atoms with Crippen molar-refractivity contribution in [2.24, 2.45) is 0 Å². The number of anilines is 2. The maximum atomic E-state index is 12.9. The van der Waals surface area contributed by atoms with Gasteiger partial charge in [0.2, 0.25) is 0 Å². The number of carbonyl (C=O) groups excluding carboxylic acids is 2. The first-order valence-corrected chi connectivity index (χ1v) is 11.3. The molecule has 8 heteroatoms. The molecule has 3 aromatic rings. The number of nitrogen functional groups attached to an aromatic ring is 1. The van der Waals surface area contributed by atoms with Crippen molar-refractivity contribution in [3.05, 3.63) is 75.7 Å². The van der Waals surface area contributed by atoms with E-state index in [-0.39, 0.29) is 18.2 Å². The average Bonchev–Trinajstić information content (AvgIpc) is 3.15. The first kappa shape index (κ1) is 23.4. The Bertz CT molecular complexity index is 1060. The minimum absolute atomic E-state index is 0.0803. The number of amides is 2. The van der Waals surface area contributed by atoms with E-state index in [4.69, 9.17) is 5.73 Å². The van der Waals surface area contributed by atoms with E-state index in [1.165, 1.54) is 11.3 Å². The molecular weight excluding hydrogens is 422 g/mol. The van der Waals surface area contributed by atoms with Crippen LogP contribution in [0.25, 0.3) is 0 Å². The summed E-state index contributed by atoms with van der Waals surface area (Å²) in [6.07, 6.45) is 1.89. The molecule has 0 aliphatic heterocycles. The predicted octanol–water partition coefficient (Wildman–Crippen LogP) is 4.05. The van der Waals surface area contributed by atoms with Crippen LogP contribution in [0.5, 0.6) is 0 Å². The van der Waals surface area contributed by atoms with Crippen molar-refractivity contribution in [2.75, 3.05) is 38.2 Å². The topological polar surface area (TPSA) is 91.6 Å². The monoisotopic (exact) mass is 451 g/mol. The van der Waals surface area contributed by atoms with Crippen LogP contribution in [0.4, 0.5) is 16.2 Å². The lowest BCUT2D eigenvalue weighted by Crippen LogP contribution is -2.39. The number of likely N-dealkylation sites (N-methyl/N-ethyl adjacent to an activating group) is 1. The summed E-state index contributed by atoms with van der Waals surface area (Å²) in [7, 11) is 3.94. The number of hydrogen-bond donors (Lipinski definition) is 2. The van der Waals surface area contributed by atoms with Crippen LogP contribution in [0, 0.1) is 6.92 Å². The van der Waals surface area contributed by atoms with Crippen molar-refractivity contribution >= 4 is 34.5 Å². The molecule has 0 saturated heterocycles. The second kappa shape index (κ2) is 10.9. The molecule has 0 saturated carbocycles. The first-order valence-electron chi connectivity index (χ1n) is 10.4. The van der Waals surface area contributed by atoms with Crippen LogP contribution in [0.15, 0.2) is 53.4 Å². The van der Waals surface area contributed by atoms with Gasteiger partial charge in [0.15, 0.2) is 5.78 Å². The van der Waals surface area contributed by atoms with E-state index < -0.39 is 0 Å². The third kappa shape index (κ3) is 6.63. The van der Waals surface area contributed by atoms with Crippen molar-refractivity contribution in [2.45, 2.75) is 19.9 Å². The summed E-state index contributed by atoms with van der Waals surface area (Å²) in [6.45, 7) is 3.67. The summed E-state index contributed by atoms with van der Waals surface area (Å²) in [4.78, 5) is 33.6. The van der Waals surface area contributed by atoms with E-state index >= 15 is 0 Å². The number of pyridine rings is 1. The van der Waals surface area contributed by atoms with Gasteiger partial charge in [-0.3, -0.25) is 9.78 Å². The number of hydrogen-bond acceptors (Lipinski definition) is 6. The molecule has 2 heterocycles. The van der Waals surface area contributed by atoms with Crippen molar-refractivity contribution in [1.29, 1.82) is 0 Å². The number of aryl methyl sites for hydroxylation is 1. The number of nitrogens with two attached hydrogens (primary N) is 1. The largest absolute Gasteiger partial charge is 0.398 e. The third-order valence-corrected chi connectivity index (χ3v) is 5.80. The van der Waals surface area contributed by atoms with Gasteiger partial charge in [-0.05, 0) is 61.3 Å². The number of nitrogens with zero attached hydrogens (tertiary/aromatic N) is 3. The van der Waals surface area contributed by atoms with Gasteiger partial charge in [-0.15, -0.1) is 11.3 Å². The predicted molar refractivity (Wildman–Crippen MR) is 130 cm³/mol. The van der Waals surface area contributed by atoms with Crippen molar-refractivity contribution in [3.63, 3.8) is 0 Å². The van der Waals surface area contributed by atoms with E-state index in [9.17, 15) is 9.59 Å². The number of ketones is 1. The molecule has 32 heavy (non-hydrogen) atoms. The fourth-order valence-corrected chi connectivity index (χ4v) is 3.89. The fraction of sp³-hybridized carbons (Fsp3) is 0.292. The van der Waals surface area contributed by atoms with E-state index in [1.54, 1.807) is 17.2 Å². The first-order chi connectivity index (χ1) is 15.3. The highest BCUT2D eigenvalue weighted by molar-refractivity contribution is 7.08. The highest BCUT2D eigenvalue weighted by Crippen LogP contribution is 2.19. The standard InChI is InChI=1S/C24H29N5O2S/c1-17-5-4-6-20(11-17)27-24(31)29(10-9-28(2)3)14-18-7-8-22(26-13-18)23(30)12-19-15-32-16-21(19)25/h4-8,11,13,15-16H,9-10,12,14,25H2,1-3H3,(H,27,31). The van der Waals surface area contributed by atoms with E-state index in [0.717, 1.165) is 28.9 Å². The molecule has 2 aromatic heterocycles. The molecule has 0 bridgehead atoms. The Morgan fingerprint density at radius 2 is 1.94 bits per heavy atom. The van der Waals surface area contributed by atoms with E-state index in [2.05, 4.69) is 10.3 Å². The molecule has 0 fully saturated rings. The van der Waals surface area contributed by atoms with Gasteiger partial charge in [0.25, 0.3) is 0 Å². The molecule has 2 amide bonds. The Hall–Kier alpha value is -3.23. The van der Waals surface area contributed by atoms with Crippen LogP contribution >= 0.6 is 11.3 Å². The van der Waals surface area contributed by atoms with Gasteiger partial charge in [-0.25, -0.2) is 4.79 Å². The second-order valence-corrected chi connectivity index (χ2v) is 8.77. The summed E-state index contributed by atoms with van der Waals surface area (Å²) in [5.41, 5.74) is 10.4. The molecule has 3 rings (SSSR count). The molecule has 0 atom stereocenters. The summed E-state index contributed by atoms with van der Waals surface area (Å²) in [5, 5.41) is 6.68. The number of thiophene rings is 1. The molecule has 0 unspecified atom stereocenters.